The van der Waals surface area contributed by atoms with Gasteiger partial charge in [0.2, 0.25) is 0 Å². The highest BCUT2D eigenvalue weighted by atomic mass is 35.5. The van der Waals surface area contributed by atoms with E-state index in [0.29, 0.717) is 45.5 Å². The number of allylic oxidation sites excluding steroid dienone is 1. The number of aliphatic imine (C=N–C) groups is 1. The van der Waals surface area contributed by atoms with Gasteiger partial charge in [-0.3, -0.25) is 0 Å². The fraction of sp³-hybridized carbons (Fsp3) is 0.267. The standard InChI is InChI=1S/C30H33ClFN7/c1-18-9-10-22(29(32)27(18)20(3)33)23-16-39(30-28(23)21(4)37(5)17-35-30)15-19(2)36-25-13-26(34-14-24(25)31)38-11-7-6-8-12-38/h9-10,13-14,16-17H,2-4,6-8,11-12,15,33H2,1,5H3,(H,34,36). The summed E-state index contributed by atoms with van der Waals surface area (Å²) < 4.78 is 17.7. The van der Waals surface area contributed by atoms with Crippen molar-refractivity contribution in [2.24, 2.45) is 10.7 Å². The smallest absolute Gasteiger partial charge is 0.144 e. The van der Waals surface area contributed by atoms with Crippen molar-refractivity contribution in [3.05, 3.63) is 83.6 Å². The SMILES string of the molecule is C=C(Cn1cc(-c2ccc(C)c(C(=C)N)c2F)c2c1N=CN(C)C2=C)Nc1cc(N2CCCCC2)ncc1Cl. The largest absolute Gasteiger partial charge is 0.399 e. The molecule has 202 valence electrons. The fourth-order valence-electron chi connectivity index (χ4n) is 5.21. The van der Waals surface area contributed by atoms with Gasteiger partial charge in [-0.25, -0.2) is 14.4 Å². The van der Waals surface area contributed by atoms with E-state index < -0.39 is 5.82 Å². The number of nitrogens with one attached hydrogen (secondary N) is 1. The van der Waals surface area contributed by atoms with Crippen LogP contribution >= 0.6 is 11.6 Å². The molecule has 5 rings (SSSR count). The third-order valence-electron chi connectivity index (χ3n) is 7.27. The van der Waals surface area contributed by atoms with Crippen LogP contribution in [0, 0.1) is 12.7 Å². The third-order valence-corrected chi connectivity index (χ3v) is 7.57. The first-order valence-electron chi connectivity index (χ1n) is 12.9. The number of nitrogens with two attached hydrogens (primary N) is 1. The van der Waals surface area contributed by atoms with Crippen molar-refractivity contribution in [1.29, 1.82) is 0 Å². The molecule has 2 aromatic heterocycles. The molecule has 1 fully saturated rings. The van der Waals surface area contributed by atoms with Gasteiger partial charge < -0.3 is 25.4 Å². The Bertz CT molecular complexity index is 1510. The minimum Gasteiger partial charge on any atom is -0.399 e. The minimum absolute atomic E-state index is 0.185. The summed E-state index contributed by atoms with van der Waals surface area (Å²) in [6.45, 7) is 16.4. The predicted molar refractivity (Wildman–Crippen MR) is 161 cm³/mol. The molecule has 0 atom stereocenters. The Balaban J connectivity index is 1.48. The molecule has 9 heteroatoms. The summed E-state index contributed by atoms with van der Waals surface area (Å²) in [5.41, 5.74) is 11.1. The van der Waals surface area contributed by atoms with Crippen molar-refractivity contribution < 1.29 is 4.39 Å². The van der Waals surface area contributed by atoms with Crippen molar-refractivity contribution in [2.75, 3.05) is 30.4 Å². The van der Waals surface area contributed by atoms with Crippen LogP contribution in [-0.4, -0.2) is 40.9 Å². The molecule has 1 aromatic carbocycles. The molecule has 39 heavy (non-hydrogen) atoms. The molecule has 0 unspecified atom stereocenters. The van der Waals surface area contributed by atoms with Crippen LogP contribution in [0.2, 0.25) is 5.02 Å². The molecule has 4 heterocycles. The van der Waals surface area contributed by atoms with Crippen molar-refractivity contribution >= 4 is 46.7 Å². The van der Waals surface area contributed by atoms with Crippen LogP contribution in [0.3, 0.4) is 0 Å². The zero-order valence-electron chi connectivity index (χ0n) is 22.4. The molecule has 3 N–H and O–H groups in total. The Hall–Kier alpha value is -4.04. The Kier molecular flexibility index (Phi) is 7.23. The van der Waals surface area contributed by atoms with E-state index in [1.807, 2.05) is 41.8 Å². The van der Waals surface area contributed by atoms with Gasteiger partial charge in [0.15, 0.2) is 0 Å². The van der Waals surface area contributed by atoms with Crippen LogP contribution < -0.4 is 16.0 Å². The Morgan fingerprint density at radius 2 is 1.92 bits per heavy atom. The van der Waals surface area contributed by atoms with Crippen molar-refractivity contribution in [3.63, 3.8) is 0 Å². The second-order valence-corrected chi connectivity index (χ2v) is 10.5. The summed E-state index contributed by atoms with van der Waals surface area (Å²) in [4.78, 5) is 13.3. The molecule has 2 aliphatic heterocycles. The third kappa shape index (κ3) is 5.04. The predicted octanol–water partition coefficient (Wildman–Crippen LogP) is 6.77. The highest BCUT2D eigenvalue weighted by molar-refractivity contribution is 6.33. The lowest BCUT2D eigenvalue weighted by atomic mass is 9.95. The molecule has 0 radical (unpaired) electrons. The summed E-state index contributed by atoms with van der Waals surface area (Å²) in [6, 6.07) is 5.57. The van der Waals surface area contributed by atoms with E-state index in [9.17, 15) is 0 Å². The molecule has 1 saturated heterocycles. The topological polar surface area (TPSA) is 74.7 Å². The monoisotopic (exact) mass is 545 g/mol. The van der Waals surface area contributed by atoms with E-state index in [2.05, 4.69) is 39.9 Å². The first kappa shape index (κ1) is 26.6. The number of piperidine rings is 1. The van der Waals surface area contributed by atoms with Gasteiger partial charge in [0, 0.05) is 71.7 Å². The molecule has 0 bridgehead atoms. The van der Waals surface area contributed by atoms with Crippen LogP contribution in [-0.2, 0) is 6.54 Å². The van der Waals surface area contributed by atoms with Crippen molar-refractivity contribution in [1.82, 2.24) is 14.5 Å². The molecule has 0 aliphatic carbocycles. The number of aryl methyl sites for hydroxylation is 1. The molecular weight excluding hydrogens is 513 g/mol. The summed E-state index contributed by atoms with van der Waals surface area (Å²) in [5, 5.41) is 3.87. The first-order chi connectivity index (χ1) is 18.7. The summed E-state index contributed by atoms with van der Waals surface area (Å²) in [5.74, 6) is 1.14. The summed E-state index contributed by atoms with van der Waals surface area (Å²) >= 11 is 6.50. The zero-order valence-corrected chi connectivity index (χ0v) is 23.2. The van der Waals surface area contributed by atoms with Crippen LogP contribution in [0.1, 0.15) is 36.0 Å². The number of rotatable bonds is 7. The molecule has 0 amide bonds. The summed E-state index contributed by atoms with van der Waals surface area (Å²) in [7, 11) is 1.86. The number of nitrogens with zero attached hydrogens (tertiary/aromatic N) is 5. The van der Waals surface area contributed by atoms with Gasteiger partial charge in [-0.05, 0) is 31.7 Å². The molecular formula is C30H33ClFN7. The lowest BCUT2D eigenvalue weighted by molar-refractivity contribution is 0.573. The van der Waals surface area contributed by atoms with Crippen LogP contribution in [0.4, 0.5) is 21.7 Å². The molecule has 0 saturated carbocycles. The maximum atomic E-state index is 15.8. The van der Waals surface area contributed by atoms with Gasteiger partial charge in [-0.2, -0.15) is 0 Å². The quantitative estimate of drug-likeness (QED) is 0.342. The maximum absolute atomic E-state index is 15.8. The van der Waals surface area contributed by atoms with E-state index in [0.717, 1.165) is 48.6 Å². The Labute approximate surface area is 233 Å². The van der Waals surface area contributed by atoms with Gasteiger partial charge in [-0.15, -0.1) is 0 Å². The number of halogens is 2. The van der Waals surface area contributed by atoms with Gasteiger partial charge in [0.05, 0.1) is 29.8 Å². The molecule has 2 aliphatic rings. The Morgan fingerprint density at radius 3 is 2.64 bits per heavy atom. The van der Waals surface area contributed by atoms with Crippen LogP contribution in [0.5, 0.6) is 0 Å². The lowest BCUT2D eigenvalue weighted by Gasteiger charge is -2.28. The van der Waals surface area contributed by atoms with E-state index in [-0.39, 0.29) is 5.70 Å². The number of pyridine rings is 1. The number of anilines is 2. The first-order valence-corrected chi connectivity index (χ1v) is 13.3. The van der Waals surface area contributed by atoms with Gasteiger partial charge in [-0.1, -0.05) is 43.5 Å². The van der Waals surface area contributed by atoms with E-state index >= 15 is 4.39 Å². The summed E-state index contributed by atoms with van der Waals surface area (Å²) in [6.07, 6.45) is 8.81. The van der Waals surface area contributed by atoms with Crippen LogP contribution in [0.15, 0.2) is 61.0 Å². The average Bonchev–Trinajstić information content (AvgIpc) is 3.26. The lowest BCUT2D eigenvalue weighted by Crippen LogP contribution is -2.30. The van der Waals surface area contributed by atoms with E-state index in [1.165, 1.54) is 6.42 Å². The molecule has 3 aromatic rings. The van der Waals surface area contributed by atoms with E-state index in [1.54, 1.807) is 18.6 Å². The zero-order chi connectivity index (χ0) is 27.8. The minimum atomic E-state index is -0.418. The number of aromatic nitrogens is 2. The second-order valence-electron chi connectivity index (χ2n) is 10.1. The van der Waals surface area contributed by atoms with Gasteiger partial charge in [0.1, 0.15) is 17.5 Å². The van der Waals surface area contributed by atoms with Crippen molar-refractivity contribution in [3.8, 4) is 11.1 Å². The van der Waals surface area contributed by atoms with Gasteiger partial charge >= 0.3 is 0 Å². The normalized spacial score (nSPS) is 14.9. The van der Waals surface area contributed by atoms with Crippen LogP contribution in [0.25, 0.3) is 22.5 Å². The highest BCUT2D eigenvalue weighted by Crippen LogP contribution is 2.42. The number of hydrogen-bond donors (Lipinski definition) is 2. The maximum Gasteiger partial charge on any atom is 0.144 e. The fourth-order valence-corrected chi connectivity index (χ4v) is 5.36. The molecule has 7 nitrogen and oxygen atoms in total. The number of benzene rings is 1. The number of hydrogen-bond acceptors (Lipinski definition) is 6. The number of fused-ring (bicyclic) bond motifs is 1. The highest BCUT2D eigenvalue weighted by Gasteiger charge is 2.27. The average molecular weight is 546 g/mol. The molecule has 0 spiro atoms. The Morgan fingerprint density at radius 1 is 1.18 bits per heavy atom. The van der Waals surface area contributed by atoms with Crippen molar-refractivity contribution in [2.45, 2.75) is 32.7 Å². The van der Waals surface area contributed by atoms with Gasteiger partial charge in [0.25, 0.3) is 0 Å². The second kappa shape index (κ2) is 10.6. The van der Waals surface area contributed by atoms with E-state index in [4.69, 9.17) is 17.3 Å².